The normalized spacial score (nSPS) is 17.1. The van der Waals surface area contributed by atoms with Crippen LogP contribution in [0.15, 0.2) is 54.6 Å². The fourth-order valence-corrected chi connectivity index (χ4v) is 4.30. The predicted molar refractivity (Wildman–Crippen MR) is 125 cm³/mol. The Morgan fingerprint density at radius 1 is 1.12 bits per heavy atom. The van der Waals surface area contributed by atoms with Crippen LogP contribution in [0, 0.1) is 10.1 Å². The molecule has 5 rings (SSSR count). The van der Waals surface area contributed by atoms with Crippen LogP contribution in [0.1, 0.15) is 12.8 Å². The molecule has 2 saturated heterocycles. The molecule has 1 spiro atoms. The van der Waals surface area contributed by atoms with Gasteiger partial charge in [0, 0.05) is 49.1 Å². The van der Waals surface area contributed by atoms with Crippen LogP contribution in [-0.4, -0.2) is 54.5 Å². The number of hydrogen-bond acceptors (Lipinski definition) is 8. The zero-order chi connectivity index (χ0) is 23.5. The topological polar surface area (TPSA) is 116 Å². The fourth-order valence-electron chi connectivity index (χ4n) is 4.30. The second kappa shape index (κ2) is 9.24. The zero-order valence-electron chi connectivity index (χ0n) is 18.4. The first kappa shape index (κ1) is 22.1. The third-order valence-electron chi connectivity index (χ3n) is 6.03. The number of para-hydroxylation sites is 1. The van der Waals surface area contributed by atoms with Crippen molar-refractivity contribution < 1.29 is 23.9 Å². The first-order valence-electron chi connectivity index (χ1n) is 11.1. The van der Waals surface area contributed by atoms with E-state index in [0.29, 0.717) is 30.2 Å². The van der Waals surface area contributed by atoms with Crippen molar-refractivity contribution in [2.45, 2.75) is 18.6 Å². The van der Waals surface area contributed by atoms with Crippen molar-refractivity contribution in [3.8, 4) is 5.75 Å². The molecule has 0 radical (unpaired) electrons. The maximum Gasteiger partial charge on any atom is 0.271 e. The summed E-state index contributed by atoms with van der Waals surface area (Å²) in [5.74, 6) is 0.447. The van der Waals surface area contributed by atoms with Crippen molar-refractivity contribution in [1.29, 1.82) is 0 Å². The summed E-state index contributed by atoms with van der Waals surface area (Å²) in [6, 6.07) is 15.3. The summed E-state index contributed by atoms with van der Waals surface area (Å²) in [6.07, 6.45) is 1.56. The summed E-state index contributed by atoms with van der Waals surface area (Å²) >= 11 is 0. The van der Waals surface area contributed by atoms with Gasteiger partial charge in [-0.2, -0.15) is 0 Å². The molecule has 0 saturated carbocycles. The summed E-state index contributed by atoms with van der Waals surface area (Å²) in [6.45, 7) is 2.57. The highest BCUT2D eigenvalue weighted by Gasteiger charge is 2.40. The maximum absolute atomic E-state index is 12.4. The lowest BCUT2D eigenvalue weighted by molar-refractivity contribution is -0.384. The molecule has 3 aromatic rings. The molecule has 2 aliphatic rings. The van der Waals surface area contributed by atoms with Crippen LogP contribution in [0.2, 0.25) is 0 Å². The predicted octanol–water partition coefficient (Wildman–Crippen LogP) is 3.50. The molecule has 2 aliphatic heterocycles. The van der Waals surface area contributed by atoms with E-state index in [9.17, 15) is 14.9 Å². The standard InChI is InChI=1S/C24H24N4O6/c29-22(25-18-4-2-5-19(15-18)28(30)31)16-32-20-6-1-3-17-7-8-21(26-23(17)20)27-11-9-24(10-12-27)33-13-14-34-24/h1-8,15H,9-14,16H2,(H,25,29). The molecule has 0 unspecified atom stereocenters. The first-order valence-corrected chi connectivity index (χ1v) is 11.1. The van der Waals surface area contributed by atoms with Gasteiger partial charge < -0.3 is 24.4 Å². The average Bonchev–Trinajstić information content (AvgIpc) is 3.31. The Bertz CT molecular complexity index is 1220. The number of amides is 1. The number of nitro benzene ring substituents is 1. The lowest BCUT2D eigenvalue weighted by Gasteiger charge is -2.38. The highest BCUT2D eigenvalue weighted by molar-refractivity contribution is 5.93. The fraction of sp³-hybridized carbons (Fsp3) is 0.333. The largest absolute Gasteiger partial charge is 0.481 e. The van der Waals surface area contributed by atoms with Crippen LogP contribution in [0.5, 0.6) is 5.75 Å². The third kappa shape index (κ3) is 4.63. The van der Waals surface area contributed by atoms with E-state index in [1.165, 1.54) is 18.2 Å². The van der Waals surface area contributed by atoms with Crippen molar-refractivity contribution in [2.24, 2.45) is 0 Å². The molecule has 1 N–H and O–H groups in total. The number of nitrogens with zero attached hydrogens (tertiary/aromatic N) is 3. The summed E-state index contributed by atoms with van der Waals surface area (Å²) in [5.41, 5.74) is 0.898. The molecular weight excluding hydrogens is 440 g/mol. The molecule has 176 valence electrons. The van der Waals surface area contributed by atoms with E-state index in [1.807, 2.05) is 24.3 Å². The smallest absolute Gasteiger partial charge is 0.271 e. The number of ether oxygens (including phenoxy) is 3. The molecule has 1 aromatic heterocycles. The van der Waals surface area contributed by atoms with E-state index >= 15 is 0 Å². The van der Waals surface area contributed by atoms with Crippen LogP contribution < -0.4 is 15.0 Å². The van der Waals surface area contributed by atoms with Crippen molar-refractivity contribution in [3.05, 3.63) is 64.7 Å². The second-order valence-electron chi connectivity index (χ2n) is 8.24. The van der Waals surface area contributed by atoms with Crippen molar-refractivity contribution in [3.63, 3.8) is 0 Å². The van der Waals surface area contributed by atoms with E-state index in [2.05, 4.69) is 10.2 Å². The Morgan fingerprint density at radius 2 is 1.88 bits per heavy atom. The van der Waals surface area contributed by atoms with Gasteiger partial charge in [0.15, 0.2) is 12.4 Å². The lowest BCUT2D eigenvalue weighted by Crippen LogP contribution is -2.45. The summed E-state index contributed by atoms with van der Waals surface area (Å²) in [5, 5.41) is 14.4. The highest BCUT2D eigenvalue weighted by atomic mass is 16.7. The maximum atomic E-state index is 12.4. The molecule has 0 atom stereocenters. The first-order chi connectivity index (χ1) is 16.5. The van der Waals surface area contributed by atoms with Crippen LogP contribution in [0.3, 0.4) is 0 Å². The van der Waals surface area contributed by atoms with Crippen molar-refractivity contribution in [1.82, 2.24) is 4.98 Å². The number of pyridine rings is 1. The summed E-state index contributed by atoms with van der Waals surface area (Å²) in [7, 11) is 0. The number of nitro groups is 1. The van der Waals surface area contributed by atoms with Gasteiger partial charge in [-0.25, -0.2) is 4.98 Å². The van der Waals surface area contributed by atoms with Gasteiger partial charge in [-0.15, -0.1) is 0 Å². The number of piperidine rings is 1. The van der Waals surface area contributed by atoms with E-state index in [4.69, 9.17) is 19.2 Å². The van der Waals surface area contributed by atoms with Gasteiger partial charge in [-0.1, -0.05) is 18.2 Å². The molecule has 1 amide bonds. The number of anilines is 2. The average molecular weight is 464 g/mol. The monoisotopic (exact) mass is 464 g/mol. The number of benzene rings is 2. The Morgan fingerprint density at radius 3 is 2.65 bits per heavy atom. The van der Waals surface area contributed by atoms with Crippen LogP contribution in [0.4, 0.5) is 17.2 Å². The van der Waals surface area contributed by atoms with Gasteiger partial charge in [0.25, 0.3) is 11.6 Å². The number of non-ortho nitro benzene ring substituents is 1. The Hall–Kier alpha value is -3.76. The minimum absolute atomic E-state index is 0.0980. The molecule has 3 heterocycles. The summed E-state index contributed by atoms with van der Waals surface area (Å²) < 4.78 is 17.4. The van der Waals surface area contributed by atoms with Gasteiger partial charge in [0.2, 0.25) is 0 Å². The minimum atomic E-state index is -0.512. The minimum Gasteiger partial charge on any atom is -0.481 e. The van der Waals surface area contributed by atoms with E-state index in [0.717, 1.165) is 37.1 Å². The van der Waals surface area contributed by atoms with Gasteiger partial charge in [-0.05, 0) is 24.3 Å². The van der Waals surface area contributed by atoms with Crippen molar-refractivity contribution in [2.75, 3.05) is 43.1 Å². The third-order valence-corrected chi connectivity index (χ3v) is 6.03. The van der Waals surface area contributed by atoms with E-state index < -0.39 is 16.6 Å². The molecule has 10 nitrogen and oxygen atoms in total. The molecule has 34 heavy (non-hydrogen) atoms. The van der Waals surface area contributed by atoms with Crippen LogP contribution in [-0.2, 0) is 14.3 Å². The van der Waals surface area contributed by atoms with E-state index in [1.54, 1.807) is 12.1 Å². The van der Waals surface area contributed by atoms with Gasteiger partial charge in [-0.3, -0.25) is 14.9 Å². The number of carbonyl (C=O) groups excluding carboxylic acids is 1. The number of nitrogens with one attached hydrogen (secondary N) is 1. The number of carbonyl (C=O) groups is 1. The summed E-state index contributed by atoms with van der Waals surface area (Å²) in [4.78, 5) is 29.8. The number of rotatable bonds is 6. The van der Waals surface area contributed by atoms with Crippen molar-refractivity contribution >= 4 is 34.0 Å². The molecular formula is C24H24N4O6. The quantitative estimate of drug-likeness (QED) is 0.435. The highest BCUT2D eigenvalue weighted by Crippen LogP contribution is 2.34. The number of aromatic nitrogens is 1. The Balaban J connectivity index is 1.26. The molecule has 2 fully saturated rings. The van der Waals surface area contributed by atoms with E-state index in [-0.39, 0.29) is 12.3 Å². The molecule has 0 bridgehead atoms. The molecule has 10 heteroatoms. The Labute approximate surface area is 195 Å². The van der Waals surface area contributed by atoms with Gasteiger partial charge in [0.05, 0.1) is 18.1 Å². The second-order valence-corrected chi connectivity index (χ2v) is 8.24. The van der Waals surface area contributed by atoms with Crippen LogP contribution in [0.25, 0.3) is 10.9 Å². The molecule has 2 aromatic carbocycles. The van der Waals surface area contributed by atoms with Gasteiger partial charge >= 0.3 is 0 Å². The number of fused-ring (bicyclic) bond motifs is 1. The van der Waals surface area contributed by atoms with Crippen LogP contribution >= 0.6 is 0 Å². The zero-order valence-corrected chi connectivity index (χ0v) is 18.4. The van der Waals surface area contributed by atoms with Gasteiger partial charge in [0.1, 0.15) is 17.1 Å². The number of hydrogen-bond donors (Lipinski definition) is 1. The Kier molecular flexibility index (Phi) is 5.99. The SMILES string of the molecule is O=C(COc1cccc2ccc(N3CCC4(CC3)OCCO4)nc12)Nc1cccc([N+](=O)[O-])c1. The molecule has 0 aliphatic carbocycles. The lowest BCUT2D eigenvalue weighted by atomic mass is 10.0.